The number of hydrogen-bond donors (Lipinski definition) is 3. The quantitative estimate of drug-likeness (QED) is 0.635. The summed E-state index contributed by atoms with van der Waals surface area (Å²) in [4.78, 5) is 6.65. The third-order valence-corrected chi connectivity index (χ3v) is 7.50. The highest BCUT2D eigenvalue weighted by molar-refractivity contribution is 5.78. The van der Waals surface area contributed by atoms with E-state index in [4.69, 9.17) is 10.5 Å². The van der Waals surface area contributed by atoms with Crippen LogP contribution in [0.5, 0.6) is 5.75 Å². The van der Waals surface area contributed by atoms with Crippen molar-refractivity contribution in [1.29, 1.82) is 0 Å². The number of hydrogen-bond acceptors (Lipinski definition) is 9. The SMILES string of the molecule is CN1C(C)(C)CC(CNC2=C(F)C=NC(N)(c3ccc4c(c3)-n3nnnc3CO4)N2)C1(C)C. The van der Waals surface area contributed by atoms with Gasteiger partial charge in [-0.3, -0.25) is 10.6 Å². The Hall–Kier alpha value is -3.05. The summed E-state index contributed by atoms with van der Waals surface area (Å²) in [7, 11) is 2.14. The van der Waals surface area contributed by atoms with Gasteiger partial charge < -0.3 is 15.4 Å². The van der Waals surface area contributed by atoms with E-state index in [9.17, 15) is 4.39 Å². The number of nitrogens with one attached hydrogen (secondary N) is 2. The smallest absolute Gasteiger partial charge is 0.210 e. The molecule has 3 aliphatic heterocycles. The number of allylic oxidation sites excluding steroid dienone is 1. The summed E-state index contributed by atoms with van der Waals surface area (Å²) in [5.41, 5.74) is 7.92. The molecule has 1 fully saturated rings. The summed E-state index contributed by atoms with van der Waals surface area (Å²) in [5.74, 6) is -0.0655. The molecule has 0 saturated carbocycles. The Morgan fingerprint density at radius 3 is 2.82 bits per heavy atom. The molecule has 0 aliphatic carbocycles. The Morgan fingerprint density at radius 2 is 2.09 bits per heavy atom. The van der Waals surface area contributed by atoms with Crippen LogP contribution >= 0.6 is 0 Å². The van der Waals surface area contributed by atoms with Crippen LogP contribution in [0.2, 0.25) is 0 Å². The standard InChI is InChI=1S/C22H30FN9O/c1-20(2)9-14(21(3,4)31(20)5)10-25-19-15(23)11-26-22(24,27-19)13-6-7-17-16(8-13)32-18(12-33-17)28-29-30-32/h6-8,11,14,25,27H,9-10,12,24H2,1-5H3. The lowest BCUT2D eigenvalue weighted by atomic mass is 9.87. The molecule has 0 amide bonds. The number of aromatic nitrogens is 4. The van der Waals surface area contributed by atoms with Crippen molar-refractivity contribution in [2.45, 2.75) is 57.6 Å². The van der Waals surface area contributed by atoms with Crippen LogP contribution < -0.4 is 21.1 Å². The summed E-state index contributed by atoms with van der Waals surface area (Å²) in [6.07, 6.45) is 2.16. The second-order valence-electron chi connectivity index (χ2n) is 10.2. The minimum atomic E-state index is -1.36. The van der Waals surface area contributed by atoms with Crippen molar-refractivity contribution in [3.63, 3.8) is 0 Å². The van der Waals surface area contributed by atoms with Crippen LogP contribution in [0.4, 0.5) is 4.39 Å². The first-order valence-corrected chi connectivity index (χ1v) is 11.1. The highest BCUT2D eigenvalue weighted by atomic mass is 19.1. The molecule has 10 nitrogen and oxygen atoms in total. The van der Waals surface area contributed by atoms with E-state index in [0.717, 1.165) is 12.6 Å². The van der Waals surface area contributed by atoms with Gasteiger partial charge in [-0.2, -0.15) is 4.68 Å². The molecule has 5 rings (SSSR count). The number of likely N-dealkylation sites (tertiary alicyclic amines) is 1. The van der Waals surface area contributed by atoms with Crippen LogP contribution in [-0.2, 0) is 12.4 Å². The highest BCUT2D eigenvalue weighted by Crippen LogP contribution is 2.43. The summed E-state index contributed by atoms with van der Waals surface area (Å²) >= 11 is 0. The molecule has 4 N–H and O–H groups in total. The minimum Gasteiger partial charge on any atom is -0.483 e. The Morgan fingerprint density at radius 1 is 1.30 bits per heavy atom. The number of fused-ring (bicyclic) bond motifs is 3. The van der Waals surface area contributed by atoms with Gasteiger partial charge in [-0.05, 0) is 75.7 Å². The van der Waals surface area contributed by atoms with E-state index < -0.39 is 11.6 Å². The summed E-state index contributed by atoms with van der Waals surface area (Å²) < 4.78 is 22.0. The maximum atomic E-state index is 14.7. The molecule has 1 aromatic carbocycles. The van der Waals surface area contributed by atoms with Crippen molar-refractivity contribution < 1.29 is 9.13 Å². The number of benzene rings is 1. The molecule has 2 atom stereocenters. The van der Waals surface area contributed by atoms with Crippen LogP contribution in [0, 0.1) is 5.92 Å². The van der Waals surface area contributed by atoms with Gasteiger partial charge in [-0.25, -0.2) is 9.38 Å². The van der Waals surface area contributed by atoms with Gasteiger partial charge in [-0.1, -0.05) is 0 Å². The second-order valence-corrected chi connectivity index (χ2v) is 10.2. The van der Waals surface area contributed by atoms with E-state index in [1.165, 1.54) is 0 Å². The lowest BCUT2D eigenvalue weighted by Gasteiger charge is -2.39. The van der Waals surface area contributed by atoms with Gasteiger partial charge in [0.25, 0.3) is 0 Å². The topological polar surface area (TPSA) is 119 Å². The molecule has 176 valence electrons. The molecule has 1 aromatic heterocycles. The molecular weight excluding hydrogens is 425 g/mol. The van der Waals surface area contributed by atoms with E-state index >= 15 is 0 Å². The zero-order chi connectivity index (χ0) is 23.6. The van der Waals surface area contributed by atoms with Crippen molar-refractivity contribution in [3.05, 3.63) is 41.2 Å². The van der Waals surface area contributed by atoms with Crippen LogP contribution in [0.3, 0.4) is 0 Å². The Kier molecular flexibility index (Phi) is 4.77. The van der Waals surface area contributed by atoms with Gasteiger partial charge in [-0.15, -0.1) is 5.10 Å². The molecule has 2 unspecified atom stereocenters. The van der Waals surface area contributed by atoms with Crippen molar-refractivity contribution >= 4 is 6.21 Å². The molecular formula is C22H30FN9O. The molecule has 3 aliphatic rings. The Balaban J connectivity index is 1.37. The van der Waals surface area contributed by atoms with Crippen LogP contribution in [-0.4, -0.2) is 56.0 Å². The average Bonchev–Trinajstić information content (AvgIpc) is 3.32. The normalized spacial score (nSPS) is 27.5. The largest absolute Gasteiger partial charge is 0.483 e. The number of rotatable bonds is 4. The molecule has 33 heavy (non-hydrogen) atoms. The summed E-state index contributed by atoms with van der Waals surface area (Å²) in [5, 5.41) is 18.0. The van der Waals surface area contributed by atoms with Gasteiger partial charge >= 0.3 is 0 Å². The fourth-order valence-electron chi connectivity index (χ4n) is 5.04. The first-order valence-electron chi connectivity index (χ1n) is 11.1. The summed E-state index contributed by atoms with van der Waals surface area (Å²) in [6.45, 7) is 9.82. The predicted octanol–water partition coefficient (Wildman–Crippen LogP) is 1.53. The third kappa shape index (κ3) is 3.46. The zero-order valence-electron chi connectivity index (χ0n) is 19.6. The number of nitrogens with zero attached hydrogens (tertiary/aromatic N) is 6. The average molecular weight is 456 g/mol. The Labute approximate surface area is 192 Å². The van der Waals surface area contributed by atoms with Crippen LogP contribution in [0.1, 0.15) is 45.5 Å². The number of tetrazole rings is 1. The van der Waals surface area contributed by atoms with E-state index in [0.29, 0.717) is 35.3 Å². The van der Waals surface area contributed by atoms with Crippen LogP contribution in [0.25, 0.3) is 5.69 Å². The van der Waals surface area contributed by atoms with Gasteiger partial charge in [0.1, 0.15) is 23.9 Å². The lowest BCUT2D eigenvalue weighted by molar-refractivity contribution is 0.0998. The van der Waals surface area contributed by atoms with Gasteiger partial charge in [0, 0.05) is 23.2 Å². The Bertz CT molecular complexity index is 1150. The fourth-order valence-corrected chi connectivity index (χ4v) is 5.04. The second kappa shape index (κ2) is 7.22. The van der Waals surface area contributed by atoms with Crippen molar-refractivity contribution in [2.24, 2.45) is 16.6 Å². The van der Waals surface area contributed by atoms with E-state index in [-0.39, 0.29) is 23.5 Å². The van der Waals surface area contributed by atoms with Crippen molar-refractivity contribution in [2.75, 3.05) is 13.6 Å². The number of ether oxygens (including phenoxy) is 1. The molecule has 0 bridgehead atoms. The maximum absolute atomic E-state index is 14.7. The van der Waals surface area contributed by atoms with Gasteiger partial charge in [0.15, 0.2) is 11.7 Å². The number of halogens is 1. The summed E-state index contributed by atoms with van der Waals surface area (Å²) in [6, 6.07) is 5.40. The van der Waals surface area contributed by atoms with E-state index in [1.807, 2.05) is 0 Å². The van der Waals surface area contributed by atoms with Gasteiger partial charge in [0.2, 0.25) is 5.79 Å². The van der Waals surface area contributed by atoms with E-state index in [1.54, 1.807) is 22.9 Å². The molecule has 11 heteroatoms. The van der Waals surface area contributed by atoms with Crippen molar-refractivity contribution in [1.82, 2.24) is 35.7 Å². The highest BCUT2D eigenvalue weighted by Gasteiger charge is 2.49. The van der Waals surface area contributed by atoms with Gasteiger partial charge in [0.05, 0.1) is 6.21 Å². The van der Waals surface area contributed by atoms with Crippen LogP contribution in [0.15, 0.2) is 34.8 Å². The number of aliphatic imine (C=N–C) groups is 1. The fraction of sp³-hybridized carbons (Fsp3) is 0.545. The molecule has 0 radical (unpaired) electrons. The number of nitrogens with two attached hydrogens (primary N) is 1. The van der Waals surface area contributed by atoms with E-state index in [2.05, 4.69) is 70.8 Å². The third-order valence-electron chi connectivity index (χ3n) is 7.50. The lowest BCUT2D eigenvalue weighted by Crippen LogP contribution is -2.54. The first kappa shape index (κ1) is 21.8. The molecule has 0 spiro atoms. The minimum absolute atomic E-state index is 0.0296. The molecule has 1 saturated heterocycles. The monoisotopic (exact) mass is 455 g/mol. The maximum Gasteiger partial charge on any atom is 0.210 e. The zero-order valence-corrected chi connectivity index (χ0v) is 19.6. The predicted molar refractivity (Wildman–Crippen MR) is 121 cm³/mol. The molecule has 4 heterocycles. The molecule has 2 aromatic rings. The van der Waals surface area contributed by atoms with Crippen molar-refractivity contribution in [3.8, 4) is 11.4 Å². The first-order chi connectivity index (χ1) is 15.5.